The van der Waals surface area contributed by atoms with Crippen LogP contribution in [0.4, 0.5) is 0 Å². The largest absolute Gasteiger partial charge is 0.457 e. The zero-order valence-corrected chi connectivity index (χ0v) is 41.7. The summed E-state index contributed by atoms with van der Waals surface area (Å²) in [5.74, 6) is -0.376. The van der Waals surface area contributed by atoms with E-state index < -0.39 is 80.7 Å². The first-order valence-corrected chi connectivity index (χ1v) is 27.1. The summed E-state index contributed by atoms with van der Waals surface area (Å²) in [6.07, 6.45) is 24.9. The first-order valence-electron chi connectivity index (χ1n) is 27.1. The molecule has 0 radical (unpaired) electrons. The fourth-order valence-corrected chi connectivity index (χ4v) is 8.93. The number of hydrogen-bond acceptors (Lipinski definition) is 14. The number of unbranched alkanes of at least 4 members (excludes halogenated alkanes) is 30. The van der Waals surface area contributed by atoms with Crippen LogP contribution in [-0.4, -0.2) is 142 Å². The standard InChI is InChI=1S/C52H100O14/c1-3-5-7-9-11-13-14-15-16-17-18-19-20-21-22-23-24-25-26-27-28-30-32-34-36-61-38-41(64-44(54)35-33-31-29-12-10-8-6-4-2)39-62-51-50(60)48(58)46(56)43(66-51)40-63-52-49(59)47(57)45(55)42(37-53)65-52/h41-43,45-53,55-60H,3-40H2,1-2H3. The second kappa shape index (κ2) is 40.7. The van der Waals surface area contributed by atoms with Gasteiger partial charge in [0.1, 0.15) is 54.9 Å². The van der Waals surface area contributed by atoms with E-state index in [1.165, 1.54) is 161 Å². The fraction of sp³-hybridized carbons (Fsp3) is 0.981. The fourth-order valence-electron chi connectivity index (χ4n) is 8.93. The van der Waals surface area contributed by atoms with Crippen molar-refractivity contribution in [3.05, 3.63) is 0 Å². The number of carbonyl (C=O) groups is 1. The zero-order chi connectivity index (χ0) is 48.0. The first-order chi connectivity index (χ1) is 32.1. The van der Waals surface area contributed by atoms with Crippen molar-refractivity contribution >= 4 is 5.97 Å². The van der Waals surface area contributed by atoms with Crippen LogP contribution in [0.2, 0.25) is 0 Å². The third-order valence-electron chi connectivity index (χ3n) is 13.4. The Labute approximate surface area is 400 Å². The summed E-state index contributed by atoms with van der Waals surface area (Å²) in [7, 11) is 0. The molecule has 7 N–H and O–H groups in total. The molecule has 2 aliphatic heterocycles. The molecule has 0 amide bonds. The molecule has 11 unspecified atom stereocenters. The van der Waals surface area contributed by atoms with Gasteiger partial charge in [-0.1, -0.05) is 206 Å². The van der Waals surface area contributed by atoms with Crippen molar-refractivity contribution in [3.63, 3.8) is 0 Å². The maximum atomic E-state index is 12.9. The van der Waals surface area contributed by atoms with Crippen LogP contribution < -0.4 is 0 Å². The van der Waals surface area contributed by atoms with Crippen LogP contribution >= 0.6 is 0 Å². The molecule has 14 heteroatoms. The normalized spacial score (nSPS) is 26.2. The molecule has 11 atom stereocenters. The zero-order valence-electron chi connectivity index (χ0n) is 41.7. The average molecular weight is 949 g/mol. The Morgan fingerprint density at radius 2 is 0.803 bits per heavy atom. The maximum absolute atomic E-state index is 12.9. The number of ether oxygens (including phenoxy) is 6. The molecule has 2 aliphatic rings. The molecule has 0 spiro atoms. The number of rotatable bonds is 44. The van der Waals surface area contributed by atoms with Gasteiger partial charge in [-0.05, 0) is 12.8 Å². The molecule has 392 valence electrons. The molecule has 0 aromatic heterocycles. The number of hydrogen-bond donors (Lipinski definition) is 7. The van der Waals surface area contributed by atoms with E-state index in [0.717, 1.165) is 38.5 Å². The van der Waals surface area contributed by atoms with Gasteiger partial charge in [0.2, 0.25) is 0 Å². The summed E-state index contributed by atoms with van der Waals surface area (Å²) in [5, 5.41) is 72.0. The van der Waals surface area contributed by atoms with Crippen molar-refractivity contribution in [2.75, 3.05) is 33.0 Å². The van der Waals surface area contributed by atoms with Crippen LogP contribution in [-0.2, 0) is 33.2 Å². The molecule has 0 saturated carbocycles. The van der Waals surface area contributed by atoms with Gasteiger partial charge in [-0.3, -0.25) is 4.79 Å². The first kappa shape index (κ1) is 61.1. The predicted octanol–water partition coefficient (Wildman–Crippen LogP) is 8.47. The minimum Gasteiger partial charge on any atom is -0.457 e. The summed E-state index contributed by atoms with van der Waals surface area (Å²) in [6.45, 7) is 3.70. The van der Waals surface area contributed by atoms with Crippen molar-refractivity contribution in [2.45, 2.75) is 293 Å². The van der Waals surface area contributed by atoms with Crippen molar-refractivity contribution in [1.29, 1.82) is 0 Å². The van der Waals surface area contributed by atoms with E-state index >= 15 is 0 Å². The lowest BCUT2D eigenvalue weighted by molar-refractivity contribution is -0.332. The lowest BCUT2D eigenvalue weighted by Crippen LogP contribution is -2.61. The van der Waals surface area contributed by atoms with Crippen LogP contribution in [0.3, 0.4) is 0 Å². The average Bonchev–Trinajstić information content (AvgIpc) is 3.31. The van der Waals surface area contributed by atoms with E-state index in [9.17, 15) is 40.5 Å². The Kier molecular flexibility index (Phi) is 37.7. The van der Waals surface area contributed by atoms with Crippen LogP contribution in [0.5, 0.6) is 0 Å². The molecule has 0 aromatic carbocycles. The van der Waals surface area contributed by atoms with Gasteiger partial charge in [-0.25, -0.2) is 0 Å². The Hall–Kier alpha value is -1.01. The lowest BCUT2D eigenvalue weighted by Gasteiger charge is -2.42. The molecular weight excluding hydrogens is 849 g/mol. The van der Waals surface area contributed by atoms with Gasteiger partial charge in [0.15, 0.2) is 12.6 Å². The van der Waals surface area contributed by atoms with Crippen LogP contribution in [0.1, 0.15) is 226 Å². The van der Waals surface area contributed by atoms with Crippen molar-refractivity contribution in [1.82, 2.24) is 0 Å². The van der Waals surface area contributed by atoms with Crippen molar-refractivity contribution in [2.24, 2.45) is 0 Å². The number of aliphatic hydroxyl groups excluding tert-OH is 7. The molecular formula is C52H100O14. The highest BCUT2D eigenvalue weighted by molar-refractivity contribution is 5.69. The van der Waals surface area contributed by atoms with Gasteiger partial charge in [0.05, 0.1) is 26.4 Å². The molecule has 2 saturated heterocycles. The molecule has 2 heterocycles. The van der Waals surface area contributed by atoms with E-state index in [0.29, 0.717) is 13.0 Å². The van der Waals surface area contributed by atoms with Crippen LogP contribution in [0.25, 0.3) is 0 Å². The third kappa shape index (κ3) is 28.0. The van der Waals surface area contributed by atoms with E-state index in [2.05, 4.69) is 13.8 Å². The van der Waals surface area contributed by atoms with E-state index in [1.54, 1.807) is 0 Å². The Morgan fingerprint density at radius 3 is 1.23 bits per heavy atom. The van der Waals surface area contributed by atoms with Gasteiger partial charge in [0.25, 0.3) is 0 Å². The SMILES string of the molecule is CCCCCCCCCCCCCCCCCCCCCCCCCCOCC(COC1OC(COC2OC(CO)C(O)C(O)C2O)C(O)C(O)C1O)OC(=O)CCCCCCCCCC. The highest BCUT2D eigenvalue weighted by Gasteiger charge is 2.47. The summed E-state index contributed by atoms with van der Waals surface area (Å²) in [5.41, 5.74) is 0. The van der Waals surface area contributed by atoms with Crippen LogP contribution in [0.15, 0.2) is 0 Å². The highest BCUT2D eigenvalue weighted by atomic mass is 16.7. The second-order valence-electron chi connectivity index (χ2n) is 19.4. The lowest BCUT2D eigenvalue weighted by atomic mass is 9.98. The topological polar surface area (TPSA) is 214 Å². The predicted molar refractivity (Wildman–Crippen MR) is 257 cm³/mol. The summed E-state index contributed by atoms with van der Waals surface area (Å²) in [6, 6.07) is 0. The quantitative estimate of drug-likeness (QED) is 0.0226. The maximum Gasteiger partial charge on any atom is 0.306 e. The Morgan fingerprint density at radius 1 is 0.439 bits per heavy atom. The number of aliphatic hydroxyl groups is 7. The van der Waals surface area contributed by atoms with Gasteiger partial charge in [-0.15, -0.1) is 0 Å². The molecule has 0 aromatic rings. The highest BCUT2D eigenvalue weighted by Crippen LogP contribution is 2.27. The third-order valence-corrected chi connectivity index (χ3v) is 13.4. The molecule has 0 aliphatic carbocycles. The van der Waals surface area contributed by atoms with Crippen LogP contribution in [0, 0.1) is 0 Å². The molecule has 0 bridgehead atoms. The van der Waals surface area contributed by atoms with Gasteiger partial charge < -0.3 is 64.2 Å². The molecule has 2 rings (SSSR count). The van der Waals surface area contributed by atoms with Crippen molar-refractivity contribution < 1.29 is 69.0 Å². The molecule has 2 fully saturated rings. The molecule has 14 nitrogen and oxygen atoms in total. The smallest absolute Gasteiger partial charge is 0.306 e. The minimum atomic E-state index is -1.70. The van der Waals surface area contributed by atoms with E-state index in [-0.39, 0.29) is 25.6 Å². The monoisotopic (exact) mass is 949 g/mol. The second-order valence-corrected chi connectivity index (χ2v) is 19.4. The van der Waals surface area contributed by atoms with Gasteiger partial charge >= 0.3 is 5.97 Å². The summed E-state index contributed by atoms with van der Waals surface area (Å²) < 4.78 is 34.2. The Bertz CT molecular complexity index is 1100. The van der Waals surface area contributed by atoms with E-state index in [4.69, 9.17) is 28.4 Å². The number of carbonyl (C=O) groups excluding carboxylic acids is 1. The van der Waals surface area contributed by atoms with Gasteiger partial charge in [0, 0.05) is 13.0 Å². The molecule has 66 heavy (non-hydrogen) atoms. The van der Waals surface area contributed by atoms with Crippen molar-refractivity contribution in [3.8, 4) is 0 Å². The van der Waals surface area contributed by atoms with E-state index in [1.807, 2.05) is 0 Å². The summed E-state index contributed by atoms with van der Waals surface area (Å²) >= 11 is 0. The van der Waals surface area contributed by atoms with Gasteiger partial charge in [-0.2, -0.15) is 0 Å². The summed E-state index contributed by atoms with van der Waals surface area (Å²) in [4.78, 5) is 12.9. The minimum absolute atomic E-state index is 0.0696. The Balaban J connectivity index is 1.64. The number of esters is 1.